The summed E-state index contributed by atoms with van der Waals surface area (Å²) >= 11 is 0. The molecule has 3 nitrogen and oxygen atoms in total. The van der Waals surface area contributed by atoms with Gasteiger partial charge in [-0.15, -0.1) is 0 Å². The third-order valence-electron chi connectivity index (χ3n) is 2.60. The van der Waals surface area contributed by atoms with Crippen LogP contribution in [-0.2, 0) is 0 Å². The summed E-state index contributed by atoms with van der Waals surface area (Å²) in [5.41, 5.74) is 0.663. The summed E-state index contributed by atoms with van der Waals surface area (Å²) in [4.78, 5) is 0. The van der Waals surface area contributed by atoms with Crippen molar-refractivity contribution < 1.29 is 18.6 Å². The molecule has 0 amide bonds. The van der Waals surface area contributed by atoms with Crippen LogP contribution >= 0.6 is 0 Å². The van der Waals surface area contributed by atoms with E-state index in [-0.39, 0.29) is 11.8 Å². The molecule has 0 spiro atoms. The molecule has 1 aliphatic rings. The van der Waals surface area contributed by atoms with E-state index in [0.29, 0.717) is 5.56 Å². The Kier molecular flexibility index (Phi) is 3.71. The molecule has 5 heteroatoms. The fraction of sp³-hybridized carbons (Fsp3) is 0.333. The lowest BCUT2D eigenvalue weighted by Gasteiger charge is -2.17. The maximum Gasteiger partial charge on any atom is 0.387 e. The summed E-state index contributed by atoms with van der Waals surface area (Å²) in [5, 5.41) is 13.1. The molecule has 2 unspecified atom stereocenters. The van der Waals surface area contributed by atoms with Crippen LogP contribution in [0.4, 0.5) is 8.78 Å². The number of hydrogen-bond donors (Lipinski definition) is 2. The number of alkyl halides is 2. The number of halogens is 2. The van der Waals surface area contributed by atoms with Gasteiger partial charge in [-0.05, 0) is 17.7 Å². The Hall–Kier alpha value is -1.46. The largest absolute Gasteiger partial charge is 0.435 e. The van der Waals surface area contributed by atoms with Gasteiger partial charge in [0.25, 0.3) is 0 Å². The van der Waals surface area contributed by atoms with E-state index < -0.39 is 12.7 Å². The zero-order valence-electron chi connectivity index (χ0n) is 9.01. The van der Waals surface area contributed by atoms with E-state index in [4.69, 9.17) is 0 Å². The lowest BCUT2D eigenvalue weighted by Crippen LogP contribution is -2.29. The Bertz CT molecular complexity index is 392. The summed E-state index contributed by atoms with van der Waals surface area (Å²) in [5.74, 6) is 0.0888. The van der Waals surface area contributed by atoms with Gasteiger partial charge in [-0.1, -0.05) is 24.3 Å². The lowest BCUT2D eigenvalue weighted by molar-refractivity contribution is -0.0498. The molecule has 0 aromatic heterocycles. The second-order valence-corrected chi connectivity index (χ2v) is 3.75. The molecule has 2 rings (SSSR count). The zero-order chi connectivity index (χ0) is 12.3. The standard InChI is InChI=1S/C12H13F2NO2/c13-12(14)17-9-5-3-8(4-6-9)11(16)10-2-1-7-15-10/h1-6,10-12,15-16H,7H2. The van der Waals surface area contributed by atoms with Crippen molar-refractivity contribution in [1.29, 1.82) is 0 Å². The van der Waals surface area contributed by atoms with E-state index in [1.54, 1.807) is 12.1 Å². The number of benzene rings is 1. The van der Waals surface area contributed by atoms with Crippen molar-refractivity contribution in [3.63, 3.8) is 0 Å². The number of nitrogens with one attached hydrogen (secondary N) is 1. The normalized spacial score (nSPS) is 20.8. The molecule has 1 aromatic rings. The van der Waals surface area contributed by atoms with Crippen LogP contribution in [0.1, 0.15) is 11.7 Å². The topological polar surface area (TPSA) is 41.5 Å². The molecule has 0 fully saturated rings. The van der Waals surface area contributed by atoms with Crippen molar-refractivity contribution in [2.45, 2.75) is 18.8 Å². The molecular weight excluding hydrogens is 228 g/mol. The van der Waals surface area contributed by atoms with Crippen LogP contribution in [-0.4, -0.2) is 24.3 Å². The van der Waals surface area contributed by atoms with E-state index in [1.165, 1.54) is 12.1 Å². The number of aliphatic hydroxyl groups is 1. The van der Waals surface area contributed by atoms with E-state index >= 15 is 0 Å². The Morgan fingerprint density at radius 3 is 2.53 bits per heavy atom. The Morgan fingerprint density at radius 1 is 1.29 bits per heavy atom. The van der Waals surface area contributed by atoms with Gasteiger partial charge < -0.3 is 15.2 Å². The van der Waals surface area contributed by atoms with Crippen LogP contribution in [0.5, 0.6) is 5.75 Å². The molecule has 0 radical (unpaired) electrons. The van der Waals surface area contributed by atoms with Crippen molar-refractivity contribution in [3.8, 4) is 5.75 Å². The van der Waals surface area contributed by atoms with Crippen molar-refractivity contribution >= 4 is 0 Å². The molecule has 0 saturated heterocycles. The number of ether oxygens (including phenoxy) is 1. The van der Waals surface area contributed by atoms with Crippen LogP contribution in [0.2, 0.25) is 0 Å². The highest BCUT2D eigenvalue weighted by molar-refractivity contribution is 5.30. The lowest BCUT2D eigenvalue weighted by atomic mass is 10.0. The van der Waals surface area contributed by atoms with E-state index in [1.807, 2.05) is 12.2 Å². The van der Waals surface area contributed by atoms with Gasteiger partial charge in [0.05, 0.1) is 12.1 Å². The molecule has 92 valence electrons. The molecule has 17 heavy (non-hydrogen) atoms. The maximum atomic E-state index is 11.9. The second-order valence-electron chi connectivity index (χ2n) is 3.75. The van der Waals surface area contributed by atoms with Gasteiger partial charge >= 0.3 is 6.61 Å². The summed E-state index contributed by atoms with van der Waals surface area (Å²) in [6.07, 6.45) is 3.13. The van der Waals surface area contributed by atoms with Gasteiger partial charge in [0.15, 0.2) is 0 Å². The zero-order valence-corrected chi connectivity index (χ0v) is 9.01. The second kappa shape index (κ2) is 5.25. The predicted octanol–water partition coefficient (Wildman–Crippen LogP) is 1.85. The van der Waals surface area contributed by atoms with Gasteiger partial charge in [0.2, 0.25) is 0 Å². The molecule has 0 aliphatic carbocycles. The third-order valence-corrected chi connectivity index (χ3v) is 2.60. The predicted molar refractivity (Wildman–Crippen MR) is 59.0 cm³/mol. The van der Waals surface area contributed by atoms with Crippen LogP contribution in [0.25, 0.3) is 0 Å². The number of aliphatic hydroxyl groups excluding tert-OH is 1. The Labute approximate surface area is 97.7 Å². The average Bonchev–Trinajstić information content (AvgIpc) is 2.82. The van der Waals surface area contributed by atoms with Gasteiger partial charge in [0.1, 0.15) is 5.75 Å². The van der Waals surface area contributed by atoms with E-state index in [0.717, 1.165) is 6.54 Å². The Morgan fingerprint density at radius 2 is 2.00 bits per heavy atom. The summed E-state index contributed by atoms with van der Waals surface area (Å²) in [6, 6.07) is 5.87. The molecule has 0 bridgehead atoms. The Balaban J connectivity index is 2.04. The van der Waals surface area contributed by atoms with Gasteiger partial charge in [-0.3, -0.25) is 0 Å². The molecule has 1 aliphatic heterocycles. The number of rotatable bonds is 4. The molecular formula is C12H13F2NO2. The van der Waals surface area contributed by atoms with Crippen molar-refractivity contribution in [2.75, 3.05) is 6.54 Å². The van der Waals surface area contributed by atoms with Crippen LogP contribution in [0, 0.1) is 0 Å². The first-order chi connectivity index (χ1) is 8.16. The average molecular weight is 241 g/mol. The van der Waals surface area contributed by atoms with Crippen LogP contribution in [0.15, 0.2) is 36.4 Å². The van der Waals surface area contributed by atoms with Crippen molar-refractivity contribution in [3.05, 3.63) is 42.0 Å². The minimum Gasteiger partial charge on any atom is -0.435 e. The fourth-order valence-corrected chi connectivity index (χ4v) is 1.76. The SMILES string of the molecule is OC(c1ccc(OC(F)F)cc1)C1C=CCN1. The van der Waals surface area contributed by atoms with E-state index in [2.05, 4.69) is 10.1 Å². The summed E-state index contributed by atoms with van der Waals surface area (Å²) in [6.45, 7) is -2.10. The summed E-state index contributed by atoms with van der Waals surface area (Å²) < 4.78 is 28.1. The van der Waals surface area contributed by atoms with Crippen molar-refractivity contribution in [1.82, 2.24) is 5.32 Å². The monoisotopic (exact) mass is 241 g/mol. The minimum atomic E-state index is -2.83. The molecule has 1 aromatic carbocycles. The van der Waals surface area contributed by atoms with Gasteiger partial charge in [-0.25, -0.2) is 0 Å². The highest BCUT2D eigenvalue weighted by Crippen LogP contribution is 2.22. The molecule has 2 atom stereocenters. The molecule has 2 N–H and O–H groups in total. The highest BCUT2D eigenvalue weighted by Gasteiger charge is 2.20. The summed E-state index contributed by atoms with van der Waals surface area (Å²) in [7, 11) is 0. The fourth-order valence-electron chi connectivity index (χ4n) is 1.76. The first-order valence-corrected chi connectivity index (χ1v) is 5.29. The highest BCUT2D eigenvalue weighted by atomic mass is 19.3. The van der Waals surface area contributed by atoms with Gasteiger partial charge in [0, 0.05) is 6.54 Å². The smallest absolute Gasteiger partial charge is 0.387 e. The number of hydrogen-bond acceptors (Lipinski definition) is 3. The quantitative estimate of drug-likeness (QED) is 0.790. The van der Waals surface area contributed by atoms with Gasteiger partial charge in [-0.2, -0.15) is 8.78 Å². The third kappa shape index (κ3) is 3.01. The van der Waals surface area contributed by atoms with Crippen LogP contribution in [0.3, 0.4) is 0 Å². The molecule has 1 heterocycles. The minimum absolute atomic E-state index is 0.0888. The van der Waals surface area contributed by atoms with E-state index in [9.17, 15) is 13.9 Å². The van der Waals surface area contributed by atoms with Crippen molar-refractivity contribution in [2.24, 2.45) is 0 Å². The maximum absolute atomic E-state index is 11.9. The molecule has 0 saturated carbocycles. The van der Waals surface area contributed by atoms with Crippen LogP contribution < -0.4 is 10.1 Å². The first kappa shape index (κ1) is 12.0. The first-order valence-electron chi connectivity index (χ1n) is 5.29.